The Bertz CT molecular complexity index is 4750. The van der Waals surface area contributed by atoms with Gasteiger partial charge in [-0.3, -0.25) is 30.3 Å². The Hall–Kier alpha value is -11.0. The first-order chi connectivity index (χ1) is 51.9. The molecule has 22 nitrogen and oxygen atoms in total. The van der Waals surface area contributed by atoms with Gasteiger partial charge >= 0.3 is 30.4 Å². The molecule has 564 valence electrons. The van der Waals surface area contributed by atoms with Gasteiger partial charge in [0.2, 0.25) is 11.8 Å². The molecule has 0 unspecified atom stereocenters. The van der Waals surface area contributed by atoms with Crippen LogP contribution in [0.2, 0.25) is 0 Å². The number of pyridine rings is 4. The largest absolute Gasteiger partial charge is 0.477 e. The number of piperidine rings is 3. The van der Waals surface area contributed by atoms with Gasteiger partial charge in [-0.25, -0.2) is 49.3 Å². The fourth-order valence-corrected chi connectivity index (χ4v) is 14.7. The number of aliphatic hydroxyl groups excluding tert-OH is 1. The van der Waals surface area contributed by atoms with Crippen LogP contribution in [0.4, 0.5) is 92.7 Å². The van der Waals surface area contributed by atoms with Crippen molar-refractivity contribution in [2.45, 2.75) is 137 Å². The molecule has 3 fully saturated rings. The van der Waals surface area contributed by atoms with E-state index in [-0.39, 0.29) is 60.9 Å². The molecule has 9 aromatic rings. The number of alkyl halides is 6. The summed E-state index contributed by atoms with van der Waals surface area (Å²) in [6.45, 7) is 19.1. The highest BCUT2D eigenvalue weighted by Gasteiger charge is 2.43. The number of aliphatic hydroxyl groups is 1. The van der Waals surface area contributed by atoms with Crippen molar-refractivity contribution in [3.05, 3.63) is 179 Å². The van der Waals surface area contributed by atoms with Gasteiger partial charge in [0.25, 0.3) is 0 Å². The number of halogens is 6. The second kappa shape index (κ2) is 32.2. The summed E-state index contributed by atoms with van der Waals surface area (Å²) in [6, 6.07) is 28.5. The van der Waals surface area contributed by atoms with Gasteiger partial charge in [-0.05, 0) is 168 Å². The van der Waals surface area contributed by atoms with Crippen molar-refractivity contribution in [3.8, 4) is 39.7 Å². The standard InChI is InChI=1S/C29H33F3N6O.C27H29F3N6O3.C24H25N5O/c1-4-18(2)10-11-20-15-33-27(34-16-20)36-28(39)38-23-9-6-12-37(17-23)24-13-19(3)25(35-26(24)38)21-7-5-8-22(14-21)29(30,31)32;1-16(13-37)14-39-23-11-22(31-15-32-23)33-26(38)36-20-7-4-8-35(12-20)21-9-17(2)24(34-25(21)36)18-5-3-6-19(10-18)27(28,29)30;1-16-6-3-7-18(12-16)21-13-17(2)22-23(27-21)29(20-9-5-11-28(22)15-20)24(30)26-19-8-4-10-25-14-19/h5,7-8,13-16,18,23H,4,6,9-12,17H2,1-3H3,(H,33,34,36,39);3,5-6,9-11,15-16,20,37H,4,7-8,12-14H2,1-2H3,(H,31,32,33,38);3-4,6-8,10,12-14,20H,5,9,11,15H2,1-2H3,(H,26,30)/t18-,23+;16-,20+;20-/m110/s1. The number of fused-ring (bicyclic) bond motifs is 12. The average molecular weight is 1480 g/mol. The number of amides is 6. The van der Waals surface area contributed by atoms with Crippen LogP contribution in [0, 0.1) is 39.5 Å². The van der Waals surface area contributed by atoms with Gasteiger partial charge in [-0.1, -0.05) is 75.2 Å². The third kappa shape index (κ3) is 16.9. The van der Waals surface area contributed by atoms with E-state index >= 15 is 0 Å². The highest BCUT2D eigenvalue weighted by atomic mass is 19.4. The van der Waals surface area contributed by atoms with Crippen LogP contribution in [0.3, 0.4) is 0 Å². The quantitative estimate of drug-likeness (QED) is 0.0740. The third-order valence-electron chi connectivity index (χ3n) is 20.5. The molecule has 15 rings (SSSR count). The second-order valence-corrected chi connectivity index (χ2v) is 28.7. The molecule has 6 bridgehead atoms. The zero-order valence-electron chi connectivity index (χ0n) is 61.3. The molecule has 6 amide bonds. The lowest BCUT2D eigenvalue weighted by molar-refractivity contribution is -0.138. The molecule has 108 heavy (non-hydrogen) atoms. The first-order valence-electron chi connectivity index (χ1n) is 36.7. The lowest BCUT2D eigenvalue weighted by Crippen LogP contribution is -2.56. The Balaban J connectivity index is 0.000000144. The number of rotatable bonds is 14. The van der Waals surface area contributed by atoms with E-state index in [4.69, 9.17) is 19.7 Å². The Kier molecular flexibility index (Phi) is 22.4. The van der Waals surface area contributed by atoms with Crippen molar-refractivity contribution in [2.75, 3.05) is 97.8 Å². The zero-order valence-corrected chi connectivity index (χ0v) is 61.3. The summed E-state index contributed by atoms with van der Waals surface area (Å²) in [5.74, 6) is 2.81. The molecule has 0 radical (unpaired) electrons. The van der Waals surface area contributed by atoms with Gasteiger partial charge < -0.3 is 29.9 Å². The second-order valence-electron chi connectivity index (χ2n) is 28.7. The molecule has 12 heterocycles. The van der Waals surface area contributed by atoms with E-state index < -0.39 is 35.5 Å². The van der Waals surface area contributed by atoms with Gasteiger partial charge in [-0.2, -0.15) is 26.3 Å². The summed E-state index contributed by atoms with van der Waals surface area (Å²) >= 11 is 0. The maximum atomic E-state index is 13.6. The van der Waals surface area contributed by atoms with Crippen LogP contribution in [0.1, 0.15) is 111 Å². The van der Waals surface area contributed by atoms with Gasteiger partial charge in [0.15, 0.2) is 17.5 Å². The SMILES string of the molecule is CC[C@@H](C)CCc1cnc(NC(=O)N2c3nc(-c4cccc(C(F)(F)F)c4)c(C)cc3N3CCC[C@H]2C3)nc1.Cc1cc2c(nc1-c1cccc(C(F)(F)F)c1)N(C(=O)Nc1cc(OC[C@H](C)CO)ncn1)[C@H]1CCCN2C1.Cc1cccc(-c2cc(C)c3c(n2)N(C(=O)Nc2cccnc2)[C@H]2CCCN3C2)c1. The fraction of sp³-hybridized carbons (Fsp3) is 0.388. The van der Waals surface area contributed by atoms with Gasteiger partial charge in [0, 0.05) is 93.1 Å². The van der Waals surface area contributed by atoms with Crippen molar-refractivity contribution in [1.29, 1.82) is 0 Å². The number of aryl methyl sites for hydroxylation is 5. The van der Waals surface area contributed by atoms with Crippen LogP contribution in [0.25, 0.3) is 33.8 Å². The molecule has 0 aliphatic carbocycles. The molecule has 0 saturated carbocycles. The Morgan fingerprint density at radius 3 is 1.68 bits per heavy atom. The lowest BCUT2D eigenvalue weighted by atomic mass is 9.97. The molecule has 28 heteroatoms. The first-order valence-corrected chi connectivity index (χ1v) is 36.7. The van der Waals surface area contributed by atoms with E-state index in [0.29, 0.717) is 64.4 Å². The normalized spacial score (nSPS) is 17.5. The van der Waals surface area contributed by atoms with Gasteiger partial charge in [0.1, 0.15) is 12.1 Å². The smallest absolute Gasteiger partial charge is 0.416 e. The summed E-state index contributed by atoms with van der Waals surface area (Å²) < 4.78 is 86.0. The van der Waals surface area contributed by atoms with Gasteiger partial charge in [0.05, 0.1) is 81.9 Å². The predicted molar refractivity (Wildman–Crippen MR) is 406 cm³/mol. The summed E-state index contributed by atoms with van der Waals surface area (Å²) in [4.78, 5) is 88.1. The van der Waals surface area contributed by atoms with E-state index in [0.717, 1.165) is 159 Å². The van der Waals surface area contributed by atoms with Crippen LogP contribution in [0.15, 0.2) is 140 Å². The number of urea groups is 3. The summed E-state index contributed by atoms with van der Waals surface area (Å²) in [7, 11) is 0. The molecular formula is C80H87F6N17O5. The molecule has 4 N–H and O–H groups in total. The van der Waals surface area contributed by atoms with Gasteiger partial charge in [-0.15, -0.1) is 0 Å². The highest BCUT2D eigenvalue weighted by Crippen LogP contribution is 2.46. The van der Waals surface area contributed by atoms with E-state index in [2.05, 4.69) is 108 Å². The molecule has 6 aromatic heterocycles. The maximum Gasteiger partial charge on any atom is 0.416 e. The molecule has 6 aliphatic rings. The predicted octanol–water partition coefficient (Wildman–Crippen LogP) is 16.5. The van der Waals surface area contributed by atoms with Crippen LogP contribution in [-0.2, 0) is 18.8 Å². The number of hydrogen-bond donors (Lipinski definition) is 4. The summed E-state index contributed by atoms with van der Waals surface area (Å²) in [5.41, 5.74) is 10.1. The fourth-order valence-electron chi connectivity index (χ4n) is 14.7. The minimum atomic E-state index is -4.48. The maximum absolute atomic E-state index is 13.6. The molecular weight excluding hydrogens is 1390 g/mol. The molecule has 5 atom stereocenters. The third-order valence-corrected chi connectivity index (χ3v) is 20.5. The van der Waals surface area contributed by atoms with Crippen molar-refractivity contribution in [1.82, 2.24) is 39.9 Å². The van der Waals surface area contributed by atoms with Crippen molar-refractivity contribution in [3.63, 3.8) is 0 Å². The number of carbonyl (C=O) groups is 3. The number of anilines is 9. The van der Waals surface area contributed by atoms with Crippen LogP contribution >= 0.6 is 0 Å². The van der Waals surface area contributed by atoms with Crippen LogP contribution in [-0.4, -0.2) is 134 Å². The molecule has 6 aliphatic heterocycles. The molecule has 0 spiro atoms. The Labute approximate surface area is 623 Å². The van der Waals surface area contributed by atoms with Crippen LogP contribution < -0.4 is 50.1 Å². The first kappa shape index (κ1) is 75.2. The van der Waals surface area contributed by atoms with E-state index in [9.17, 15) is 45.8 Å². The minimum absolute atomic E-state index is 0.0313. The molecule has 3 aromatic carbocycles. The number of carbonyl (C=O) groups excluding carboxylic acids is 3. The van der Waals surface area contributed by atoms with E-state index in [1.807, 2.05) is 56.0 Å². The highest BCUT2D eigenvalue weighted by molar-refractivity contribution is 6.06. The number of nitrogens with one attached hydrogen (secondary N) is 3. The minimum Gasteiger partial charge on any atom is -0.477 e. The van der Waals surface area contributed by atoms with E-state index in [1.165, 1.54) is 30.1 Å². The van der Waals surface area contributed by atoms with Crippen molar-refractivity contribution >= 4 is 70.1 Å². The number of ether oxygens (including phenoxy) is 1. The zero-order chi connectivity index (χ0) is 76.1. The van der Waals surface area contributed by atoms with Crippen LogP contribution in [0.5, 0.6) is 5.88 Å². The van der Waals surface area contributed by atoms with E-state index in [1.54, 1.807) is 46.7 Å². The monoisotopic (exact) mass is 1480 g/mol. The number of aromatic nitrogens is 8. The number of benzene rings is 3. The topological polar surface area (TPSA) is 239 Å². The average Bonchev–Trinajstić information content (AvgIpc) is 0.757. The lowest BCUT2D eigenvalue weighted by Gasteiger charge is -2.46. The number of nitrogens with zero attached hydrogens (tertiary/aromatic N) is 14. The molecule has 3 saturated heterocycles. The van der Waals surface area contributed by atoms with Crippen molar-refractivity contribution < 1.29 is 50.6 Å². The Morgan fingerprint density at radius 2 is 1.12 bits per heavy atom. The summed E-state index contributed by atoms with van der Waals surface area (Å²) in [5, 5.41) is 17.8. The Morgan fingerprint density at radius 1 is 0.574 bits per heavy atom. The number of hydrogen-bond acceptors (Lipinski definition) is 16. The summed E-state index contributed by atoms with van der Waals surface area (Å²) in [6.07, 6.45) is 7.63. The van der Waals surface area contributed by atoms with Crippen molar-refractivity contribution in [2.24, 2.45) is 11.8 Å².